The van der Waals surface area contributed by atoms with Gasteiger partial charge in [0.05, 0.1) is 13.5 Å². The first-order valence-corrected chi connectivity index (χ1v) is 11.3. The van der Waals surface area contributed by atoms with Crippen molar-refractivity contribution in [3.8, 4) is 5.75 Å². The standard InChI is InChI=1S/C26H30N2O4/c1-32-22-8-6-18(7-9-22)14-25(29)28-13-11-20(16-26(30)31)21(17-28)15-24-23-5-3-2-4-19(23)10-12-27-24/h2-9,20-21H,10-17H2,1H3,(H,30,31)/t20-,21-/m0/s1. The van der Waals surface area contributed by atoms with E-state index in [0.29, 0.717) is 32.4 Å². The van der Waals surface area contributed by atoms with E-state index in [9.17, 15) is 14.7 Å². The number of nitrogens with zero attached hydrogens (tertiary/aromatic N) is 2. The van der Waals surface area contributed by atoms with Crippen molar-refractivity contribution in [3.63, 3.8) is 0 Å². The fraction of sp³-hybridized carbons (Fsp3) is 0.423. The van der Waals surface area contributed by atoms with E-state index >= 15 is 0 Å². The third-order valence-electron chi connectivity index (χ3n) is 6.66. The normalized spacial score (nSPS) is 20.3. The lowest BCUT2D eigenvalue weighted by molar-refractivity contribution is -0.139. The maximum absolute atomic E-state index is 13.0. The molecule has 1 amide bonds. The number of hydrogen-bond donors (Lipinski definition) is 1. The Bertz CT molecular complexity index is 999. The van der Waals surface area contributed by atoms with Crippen LogP contribution in [0.15, 0.2) is 53.5 Å². The number of carbonyl (C=O) groups is 2. The molecule has 1 saturated heterocycles. The van der Waals surface area contributed by atoms with Gasteiger partial charge in [-0.25, -0.2) is 0 Å². The molecule has 4 rings (SSSR count). The average molecular weight is 435 g/mol. The second-order valence-corrected chi connectivity index (χ2v) is 8.71. The van der Waals surface area contributed by atoms with Crippen molar-refractivity contribution in [2.75, 3.05) is 26.7 Å². The molecule has 2 aliphatic rings. The Labute approximate surface area is 188 Å². The molecule has 2 aromatic carbocycles. The van der Waals surface area contributed by atoms with Crippen LogP contribution in [0.3, 0.4) is 0 Å². The monoisotopic (exact) mass is 434 g/mol. The molecule has 0 radical (unpaired) electrons. The summed E-state index contributed by atoms with van der Waals surface area (Å²) in [6.45, 7) is 1.95. The van der Waals surface area contributed by atoms with Gasteiger partial charge in [0.1, 0.15) is 5.75 Å². The van der Waals surface area contributed by atoms with E-state index in [1.165, 1.54) is 11.1 Å². The number of aliphatic imine (C=N–C) groups is 1. The summed E-state index contributed by atoms with van der Waals surface area (Å²) in [4.78, 5) is 31.2. The molecule has 32 heavy (non-hydrogen) atoms. The summed E-state index contributed by atoms with van der Waals surface area (Å²) in [6.07, 6.45) is 2.83. The first-order valence-electron chi connectivity index (χ1n) is 11.3. The number of ether oxygens (including phenoxy) is 1. The van der Waals surface area contributed by atoms with E-state index in [4.69, 9.17) is 9.73 Å². The SMILES string of the molecule is COc1ccc(CC(=O)N2CC[C@@H](CC(=O)O)[C@@H](CC3=NCCc4ccccc43)C2)cc1. The number of carboxylic acid groups (broad SMARTS) is 1. The van der Waals surface area contributed by atoms with Gasteiger partial charge in [-0.15, -0.1) is 0 Å². The van der Waals surface area contributed by atoms with E-state index in [1.54, 1.807) is 7.11 Å². The van der Waals surface area contributed by atoms with Gasteiger partial charge in [-0.1, -0.05) is 36.4 Å². The van der Waals surface area contributed by atoms with Gasteiger partial charge in [0.15, 0.2) is 0 Å². The Morgan fingerprint density at radius 1 is 1.12 bits per heavy atom. The molecule has 0 aromatic heterocycles. The van der Waals surface area contributed by atoms with Gasteiger partial charge in [-0.3, -0.25) is 14.6 Å². The molecule has 0 unspecified atom stereocenters. The van der Waals surface area contributed by atoms with Crippen LogP contribution in [-0.4, -0.2) is 54.3 Å². The highest BCUT2D eigenvalue weighted by Crippen LogP contribution is 2.32. The number of amides is 1. The zero-order valence-corrected chi connectivity index (χ0v) is 18.5. The van der Waals surface area contributed by atoms with Gasteiger partial charge in [0.25, 0.3) is 0 Å². The van der Waals surface area contributed by atoms with Gasteiger partial charge >= 0.3 is 5.97 Å². The van der Waals surface area contributed by atoms with Crippen LogP contribution in [0.1, 0.15) is 36.0 Å². The highest BCUT2D eigenvalue weighted by molar-refractivity contribution is 6.02. The predicted octanol–water partition coefficient (Wildman–Crippen LogP) is 3.61. The number of hydrogen-bond acceptors (Lipinski definition) is 4. The van der Waals surface area contributed by atoms with Crippen molar-refractivity contribution in [2.45, 2.75) is 32.1 Å². The molecule has 168 valence electrons. The number of benzene rings is 2. The van der Waals surface area contributed by atoms with E-state index in [0.717, 1.165) is 30.0 Å². The fourth-order valence-electron chi connectivity index (χ4n) is 4.90. The molecular formula is C26H30N2O4. The van der Waals surface area contributed by atoms with E-state index in [2.05, 4.69) is 18.2 Å². The summed E-state index contributed by atoms with van der Waals surface area (Å²) in [5, 5.41) is 9.44. The molecule has 0 spiro atoms. The zero-order valence-electron chi connectivity index (χ0n) is 18.5. The number of methoxy groups -OCH3 is 1. The van der Waals surface area contributed by atoms with Crippen LogP contribution in [-0.2, 0) is 22.4 Å². The molecule has 2 atom stereocenters. The highest BCUT2D eigenvalue weighted by atomic mass is 16.5. The zero-order chi connectivity index (χ0) is 22.5. The second kappa shape index (κ2) is 9.98. The van der Waals surface area contributed by atoms with Gasteiger partial charge in [0, 0.05) is 31.8 Å². The topological polar surface area (TPSA) is 79.2 Å². The van der Waals surface area contributed by atoms with Crippen LogP contribution in [0.5, 0.6) is 5.75 Å². The Hall–Kier alpha value is -3.15. The van der Waals surface area contributed by atoms with Crippen LogP contribution in [0.4, 0.5) is 0 Å². The summed E-state index contributed by atoms with van der Waals surface area (Å²) in [6, 6.07) is 15.9. The minimum absolute atomic E-state index is 0.0503. The number of aliphatic carboxylic acids is 1. The van der Waals surface area contributed by atoms with Gasteiger partial charge in [0.2, 0.25) is 5.91 Å². The number of rotatable bonds is 7. The molecule has 6 heteroatoms. The van der Waals surface area contributed by atoms with Crippen molar-refractivity contribution in [1.82, 2.24) is 4.90 Å². The fourth-order valence-corrected chi connectivity index (χ4v) is 4.90. The van der Waals surface area contributed by atoms with Gasteiger partial charge in [-0.2, -0.15) is 0 Å². The van der Waals surface area contributed by atoms with E-state index in [1.807, 2.05) is 35.2 Å². The molecule has 0 saturated carbocycles. The Balaban J connectivity index is 1.47. The molecule has 1 fully saturated rings. The number of piperidine rings is 1. The predicted molar refractivity (Wildman–Crippen MR) is 123 cm³/mol. The summed E-state index contributed by atoms with van der Waals surface area (Å²) in [5.74, 6) is 0.215. The minimum atomic E-state index is -0.774. The van der Waals surface area contributed by atoms with Crippen LogP contribution in [0, 0.1) is 11.8 Å². The van der Waals surface area contributed by atoms with Crippen molar-refractivity contribution >= 4 is 17.6 Å². The van der Waals surface area contributed by atoms with Crippen LogP contribution in [0.2, 0.25) is 0 Å². The van der Waals surface area contributed by atoms with Crippen molar-refractivity contribution in [2.24, 2.45) is 16.8 Å². The molecule has 0 aliphatic carbocycles. The third-order valence-corrected chi connectivity index (χ3v) is 6.66. The number of carbonyl (C=O) groups excluding carboxylic acids is 1. The first-order chi connectivity index (χ1) is 15.5. The third kappa shape index (κ3) is 5.18. The molecule has 1 N–H and O–H groups in total. The maximum Gasteiger partial charge on any atom is 0.303 e. The lowest BCUT2D eigenvalue weighted by atomic mass is 9.78. The number of fused-ring (bicyclic) bond motifs is 1. The average Bonchev–Trinajstić information content (AvgIpc) is 2.80. The molecule has 2 aromatic rings. The van der Waals surface area contributed by atoms with Crippen molar-refractivity contribution in [1.29, 1.82) is 0 Å². The summed E-state index contributed by atoms with van der Waals surface area (Å²) in [7, 11) is 1.62. The number of carboxylic acids is 1. The molecule has 6 nitrogen and oxygen atoms in total. The Morgan fingerprint density at radius 2 is 1.91 bits per heavy atom. The molecule has 2 aliphatic heterocycles. The second-order valence-electron chi connectivity index (χ2n) is 8.71. The van der Waals surface area contributed by atoms with Crippen molar-refractivity contribution < 1.29 is 19.4 Å². The van der Waals surface area contributed by atoms with Crippen LogP contribution >= 0.6 is 0 Å². The Kier molecular flexibility index (Phi) is 6.88. The number of likely N-dealkylation sites (tertiary alicyclic amines) is 1. The lowest BCUT2D eigenvalue weighted by Gasteiger charge is -2.39. The van der Waals surface area contributed by atoms with Gasteiger partial charge < -0.3 is 14.7 Å². The maximum atomic E-state index is 13.0. The minimum Gasteiger partial charge on any atom is -0.497 e. The highest BCUT2D eigenvalue weighted by Gasteiger charge is 2.34. The van der Waals surface area contributed by atoms with Crippen LogP contribution < -0.4 is 4.74 Å². The quantitative estimate of drug-likeness (QED) is 0.722. The van der Waals surface area contributed by atoms with Gasteiger partial charge in [-0.05, 0) is 59.9 Å². The van der Waals surface area contributed by atoms with E-state index < -0.39 is 5.97 Å². The molecule has 0 bridgehead atoms. The largest absolute Gasteiger partial charge is 0.497 e. The van der Waals surface area contributed by atoms with Crippen molar-refractivity contribution in [3.05, 3.63) is 65.2 Å². The van der Waals surface area contributed by atoms with E-state index in [-0.39, 0.29) is 24.2 Å². The molecular weight excluding hydrogens is 404 g/mol. The smallest absolute Gasteiger partial charge is 0.303 e. The van der Waals surface area contributed by atoms with Crippen LogP contribution in [0.25, 0.3) is 0 Å². The summed E-state index contributed by atoms with van der Waals surface area (Å²) >= 11 is 0. The molecule has 2 heterocycles. The summed E-state index contributed by atoms with van der Waals surface area (Å²) in [5.41, 5.74) is 4.48. The summed E-state index contributed by atoms with van der Waals surface area (Å²) < 4.78 is 5.19. The Morgan fingerprint density at radius 3 is 2.66 bits per heavy atom. The lowest BCUT2D eigenvalue weighted by Crippen LogP contribution is -2.45. The first kappa shape index (κ1) is 22.1.